The van der Waals surface area contributed by atoms with Crippen LogP contribution in [0.15, 0.2) is 40.8 Å². The molecule has 3 fully saturated rings. The number of hydrogen-bond donors (Lipinski definition) is 1. The molecule has 7 heteroatoms. The van der Waals surface area contributed by atoms with Crippen molar-refractivity contribution in [2.75, 3.05) is 12.4 Å². The highest BCUT2D eigenvalue weighted by Crippen LogP contribution is 2.46. The van der Waals surface area contributed by atoms with E-state index in [0.29, 0.717) is 29.1 Å². The van der Waals surface area contributed by atoms with E-state index in [0.717, 1.165) is 36.7 Å². The second-order valence-electron chi connectivity index (χ2n) is 7.95. The summed E-state index contributed by atoms with van der Waals surface area (Å²) in [4.78, 5) is 21.2. The first-order valence-corrected chi connectivity index (χ1v) is 10.4. The van der Waals surface area contributed by atoms with Crippen molar-refractivity contribution < 1.29 is 13.9 Å². The van der Waals surface area contributed by atoms with E-state index in [1.54, 1.807) is 0 Å². The first kappa shape index (κ1) is 18.4. The van der Waals surface area contributed by atoms with Gasteiger partial charge < -0.3 is 14.5 Å². The summed E-state index contributed by atoms with van der Waals surface area (Å²) in [6.45, 7) is 0. The minimum absolute atomic E-state index is 0.00978. The van der Waals surface area contributed by atoms with Gasteiger partial charge in [0.25, 0.3) is 0 Å². The predicted molar refractivity (Wildman–Crippen MR) is 111 cm³/mol. The second-order valence-corrected chi connectivity index (χ2v) is 8.29. The lowest BCUT2D eigenvalue weighted by molar-refractivity contribution is -0.152. The van der Waals surface area contributed by atoms with E-state index in [9.17, 15) is 4.79 Å². The fourth-order valence-corrected chi connectivity index (χ4v) is 5.21. The summed E-state index contributed by atoms with van der Waals surface area (Å²) in [6, 6.07) is 11.6. The molecule has 2 unspecified atom stereocenters. The lowest BCUT2D eigenvalue weighted by Crippen LogP contribution is -2.51. The van der Waals surface area contributed by atoms with Crippen LogP contribution in [0.5, 0.6) is 0 Å². The number of fused-ring (bicyclic) bond motifs is 4. The highest BCUT2D eigenvalue weighted by atomic mass is 35.5. The lowest BCUT2D eigenvalue weighted by Gasteiger charge is -2.47. The number of halogens is 1. The number of nitrogens with one attached hydrogen (secondary N) is 1. The van der Waals surface area contributed by atoms with Gasteiger partial charge in [-0.2, -0.15) is 0 Å². The maximum Gasteiger partial charge on any atom is 0.311 e. The van der Waals surface area contributed by atoms with Crippen LogP contribution >= 0.6 is 11.6 Å². The number of anilines is 1. The van der Waals surface area contributed by atoms with Crippen LogP contribution in [-0.2, 0) is 9.53 Å². The number of carbonyl (C=O) groups excluding carboxylic acids is 1. The Morgan fingerprint density at radius 3 is 2.66 bits per heavy atom. The molecule has 3 saturated carbocycles. The van der Waals surface area contributed by atoms with E-state index < -0.39 is 0 Å². The van der Waals surface area contributed by atoms with Crippen molar-refractivity contribution >= 4 is 34.4 Å². The fourth-order valence-electron chi connectivity index (χ4n) is 5.03. The number of aromatic nitrogens is 2. The molecule has 29 heavy (non-hydrogen) atoms. The summed E-state index contributed by atoms with van der Waals surface area (Å²) < 4.78 is 11.0. The maximum absolute atomic E-state index is 12.5. The Hall–Kier alpha value is -2.60. The molecule has 2 atom stereocenters. The zero-order chi connectivity index (χ0) is 20.0. The van der Waals surface area contributed by atoms with Crippen molar-refractivity contribution in [2.45, 2.75) is 31.7 Å². The van der Waals surface area contributed by atoms with Gasteiger partial charge in [-0.1, -0.05) is 18.2 Å². The normalized spacial score (nSPS) is 25.9. The number of ether oxygens (including phenoxy) is 1. The number of benzene rings is 1. The molecule has 2 aromatic heterocycles. The van der Waals surface area contributed by atoms with E-state index in [1.165, 1.54) is 7.11 Å². The van der Waals surface area contributed by atoms with E-state index in [4.69, 9.17) is 20.8 Å². The monoisotopic (exact) mass is 411 g/mol. The van der Waals surface area contributed by atoms with E-state index in [2.05, 4.69) is 15.3 Å². The molecule has 3 aromatic rings. The van der Waals surface area contributed by atoms with Crippen LogP contribution in [0, 0.1) is 17.8 Å². The molecular weight excluding hydrogens is 390 g/mol. The van der Waals surface area contributed by atoms with Gasteiger partial charge in [-0.25, -0.2) is 9.97 Å². The van der Waals surface area contributed by atoms with Crippen LogP contribution in [0.2, 0.25) is 5.28 Å². The van der Waals surface area contributed by atoms with Gasteiger partial charge in [0.1, 0.15) is 17.1 Å². The van der Waals surface area contributed by atoms with Crippen molar-refractivity contribution in [3.8, 4) is 11.5 Å². The Morgan fingerprint density at radius 2 is 1.90 bits per heavy atom. The first-order chi connectivity index (χ1) is 14.1. The number of para-hydroxylation sites is 1. The fraction of sp³-hybridized carbons (Fsp3) is 0.409. The molecule has 0 amide bonds. The predicted octanol–water partition coefficient (Wildman–Crippen LogP) is 4.93. The SMILES string of the molecule is COC(=O)C1C2CCC(CC2)C1Nc1cc(-c2cc3ccccc3o2)nc(Cl)n1. The molecule has 0 spiro atoms. The Bertz CT molecular complexity index is 1030. The van der Waals surface area contributed by atoms with Crippen LogP contribution in [0.25, 0.3) is 22.4 Å². The number of furan rings is 1. The second kappa shape index (κ2) is 7.34. The molecule has 150 valence electrons. The molecule has 3 aliphatic rings. The lowest BCUT2D eigenvalue weighted by atomic mass is 9.61. The molecule has 0 aliphatic heterocycles. The van der Waals surface area contributed by atoms with Crippen molar-refractivity contribution in [3.63, 3.8) is 0 Å². The van der Waals surface area contributed by atoms with Gasteiger partial charge in [0, 0.05) is 17.5 Å². The third-order valence-corrected chi connectivity index (χ3v) is 6.55. The van der Waals surface area contributed by atoms with Crippen LogP contribution in [0.1, 0.15) is 25.7 Å². The van der Waals surface area contributed by atoms with E-state index in [-0.39, 0.29) is 23.2 Å². The molecule has 0 radical (unpaired) electrons. The van der Waals surface area contributed by atoms with Gasteiger partial charge in [-0.3, -0.25) is 4.79 Å². The molecule has 1 aromatic carbocycles. The number of nitrogens with zero attached hydrogens (tertiary/aromatic N) is 2. The number of rotatable bonds is 4. The average Bonchev–Trinajstić information content (AvgIpc) is 3.18. The summed E-state index contributed by atoms with van der Waals surface area (Å²) in [5, 5.41) is 4.63. The van der Waals surface area contributed by atoms with Gasteiger partial charge in [0.15, 0.2) is 5.76 Å². The highest BCUT2D eigenvalue weighted by molar-refractivity contribution is 6.28. The Labute approximate surface area is 173 Å². The largest absolute Gasteiger partial charge is 0.469 e. The smallest absolute Gasteiger partial charge is 0.311 e. The zero-order valence-electron chi connectivity index (χ0n) is 16.1. The number of esters is 1. The summed E-state index contributed by atoms with van der Waals surface area (Å²) >= 11 is 6.23. The highest BCUT2D eigenvalue weighted by Gasteiger charge is 2.47. The van der Waals surface area contributed by atoms with Gasteiger partial charge in [-0.15, -0.1) is 0 Å². The Balaban J connectivity index is 1.47. The molecule has 2 bridgehead atoms. The maximum atomic E-state index is 12.5. The van der Waals surface area contributed by atoms with Gasteiger partial charge >= 0.3 is 5.97 Å². The van der Waals surface area contributed by atoms with E-state index in [1.807, 2.05) is 36.4 Å². The first-order valence-electron chi connectivity index (χ1n) is 10.0. The van der Waals surface area contributed by atoms with Crippen molar-refractivity contribution in [3.05, 3.63) is 41.7 Å². The number of carbonyl (C=O) groups is 1. The minimum Gasteiger partial charge on any atom is -0.469 e. The van der Waals surface area contributed by atoms with Crippen LogP contribution in [0.4, 0.5) is 5.82 Å². The van der Waals surface area contributed by atoms with Gasteiger partial charge in [0.2, 0.25) is 5.28 Å². The number of methoxy groups -OCH3 is 1. The molecule has 2 heterocycles. The van der Waals surface area contributed by atoms with Crippen molar-refractivity contribution in [1.29, 1.82) is 0 Å². The quantitative estimate of drug-likeness (QED) is 0.484. The third-order valence-electron chi connectivity index (χ3n) is 6.38. The third kappa shape index (κ3) is 3.35. The molecule has 6 rings (SSSR count). The van der Waals surface area contributed by atoms with Crippen molar-refractivity contribution in [2.24, 2.45) is 17.8 Å². The summed E-state index contributed by atoms with van der Waals surface area (Å²) in [6.07, 6.45) is 4.39. The van der Waals surface area contributed by atoms with Gasteiger partial charge in [-0.05, 0) is 61.3 Å². The van der Waals surface area contributed by atoms with Crippen LogP contribution < -0.4 is 5.32 Å². The molecule has 6 nitrogen and oxygen atoms in total. The standard InChI is InChI=1S/C22H22ClN3O3/c1-28-21(27)19-12-6-8-13(9-7-12)20(19)25-18-11-15(24-22(23)26-18)17-10-14-4-2-3-5-16(14)29-17/h2-5,10-13,19-20H,6-9H2,1H3,(H,24,25,26). The molecule has 0 saturated heterocycles. The minimum atomic E-state index is -0.157. The van der Waals surface area contributed by atoms with E-state index >= 15 is 0 Å². The average molecular weight is 412 g/mol. The molecular formula is C22H22ClN3O3. The van der Waals surface area contributed by atoms with Crippen LogP contribution in [-0.4, -0.2) is 29.1 Å². The topological polar surface area (TPSA) is 77.2 Å². The zero-order valence-corrected chi connectivity index (χ0v) is 16.9. The Kier molecular flexibility index (Phi) is 4.66. The number of hydrogen-bond acceptors (Lipinski definition) is 6. The molecule has 3 aliphatic carbocycles. The summed E-state index contributed by atoms with van der Waals surface area (Å²) in [5.74, 6) is 1.72. The molecule has 1 N–H and O–H groups in total. The summed E-state index contributed by atoms with van der Waals surface area (Å²) in [7, 11) is 1.46. The van der Waals surface area contributed by atoms with Gasteiger partial charge in [0.05, 0.1) is 13.0 Å². The summed E-state index contributed by atoms with van der Waals surface area (Å²) in [5.41, 5.74) is 1.40. The van der Waals surface area contributed by atoms with Crippen LogP contribution in [0.3, 0.4) is 0 Å². The Morgan fingerprint density at radius 1 is 1.14 bits per heavy atom. The van der Waals surface area contributed by atoms with Crippen molar-refractivity contribution in [1.82, 2.24) is 9.97 Å².